The minimum atomic E-state index is -0.313. The molecule has 6 heteroatoms. The van der Waals surface area contributed by atoms with Crippen molar-refractivity contribution in [2.24, 2.45) is 5.10 Å². The highest BCUT2D eigenvalue weighted by Crippen LogP contribution is 2.11. The van der Waals surface area contributed by atoms with Gasteiger partial charge in [0, 0.05) is 18.5 Å². The average molecular weight is 353 g/mol. The van der Waals surface area contributed by atoms with E-state index in [0.29, 0.717) is 6.61 Å². The van der Waals surface area contributed by atoms with E-state index in [4.69, 9.17) is 4.74 Å². The Bertz CT molecular complexity index is 770. The summed E-state index contributed by atoms with van der Waals surface area (Å²) in [5.74, 6) is 0.265. The number of benzene rings is 2. The first-order valence-electron chi connectivity index (χ1n) is 8.48. The molecule has 0 radical (unpaired) electrons. The number of nitrogens with zero attached hydrogens (tertiary/aromatic N) is 1. The number of carbonyl (C=O) groups is 2. The molecule has 136 valence electrons. The standard InChI is InChI=1S/C20H23N3O3/c1-3-26-18-9-7-16(8-10-18)14-21-23-20(25)12-11-19(24)22-17-6-4-5-15(2)13-17/h4-10,13-14H,3,11-12H2,1-2H3,(H,22,24)(H,23,25)/b21-14+. The van der Waals surface area contributed by atoms with E-state index in [1.165, 1.54) is 0 Å². The van der Waals surface area contributed by atoms with E-state index >= 15 is 0 Å². The minimum absolute atomic E-state index is 0.0677. The molecule has 0 aromatic heterocycles. The molecule has 0 aliphatic heterocycles. The quantitative estimate of drug-likeness (QED) is 0.565. The zero-order valence-electron chi connectivity index (χ0n) is 15.0. The minimum Gasteiger partial charge on any atom is -0.494 e. The molecule has 26 heavy (non-hydrogen) atoms. The van der Waals surface area contributed by atoms with Crippen LogP contribution in [0.1, 0.15) is 30.9 Å². The van der Waals surface area contributed by atoms with Crippen molar-refractivity contribution in [2.75, 3.05) is 11.9 Å². The van der Waals surface area contributed by atoms with Gasteiger partial charge in [-0.1, -0.05) is 12.1 Å². The van der Waals surface area contributed by atoms with Gasteiger partial charge in [0.05, 0.1) is 12.8 Å². The summed E-state index contributed by atoms with van der Waals surface area (Å²) in [6.07, 6.45) is 1.71. The predicted octanol–water partition coefficient (Wildman–Crippen LogP) is 3.26. The van der Waals surface area contributed by atoms with Crippen LogP contribution in [-0.4, -0.2) is 24.6 Å². The third-order valence-corrected chi connectivity index (χ3v) is 3.47. The highest BCUT2D eigenvalue weighted by molar-refractivity contribution is 5.93. The smallest absolute Gasteiger partial charge is 0.240 e. The van der Waals surface area contributed by atoms with E-state index in [9.17, 15) is 9.59 Å². The average Bonchev–Trinajstić information content (AvgIpc) is 2.62. The van der Waals surface area contributed by atoms with Crippen LogP contribution in [0.25, 0.3) is 0 Å². The molecule has 0 saturated carbocycles. The van der Waals surface area contributed by atoms with Crippen molar-refractivity contribution in [2.45, 2.75) is 26.7 Å². The van der Waals surface area contributed by atoms with Crippen molar-refractivity contribution in [3.05, 3.63) is 59.7 Å². The second-order valence-electron chi connectivity index (χ2n) is 5.71. The molecule has 2 rings (SSSR count). The molecule has 2 aromatic carbocycles. The Kier molecular flexibility index (Phi) is 7.36. The van der Waals surface area contributed by atoms with Gasteiger partial charge in [-0.15, -0.1) is 0 Å². The van der Waals surface area contributed by atoms with Crippen molar-refractivity contribution in [3.63, 3.8) is 0 Å². The molecule has 0 fully saturated rings. The maximum atomic E-state index is 11.9. The van der Waals surface area contributed by atoms with Crippen LogP contribution in [-0.2, 0) is 9.59 Å². The SMILES string of the molecule is CCOc1ccc(/C=N/NC(=O)CCC(=O)Nc2cccc(C)c2)cc1. The van der Waals surface area contributed by atoms with E-state index < -0.39 is 0 Å². The van der Waals surface area contributed by atoms with Crippen molar-refractivity contribution in [3.8, 4) is 5.75 Å². The van der Waals surface area contributed by atoms with Gasteiger partial charge in [-0.2, -0.15) is 5.10 Å². The van der Waals surface area contributed by atoms with Crippen LogP contribution >= 0.6 is 0 Å². The zero-order chi connectivity index (χ0) is 18.8. The third-order valence-electron chi connectivity index (χ3n) is 3.47. The van der Waals surface area contributed by atoms with Crippen LogP contribution in [0.2, 0.25) is 0 Å². The molecule has 0 bridgehead atoms. The molecule has 0 spiro atoms. The highest BCUT2D eigenvalue weighted by atomic mass is 16.5. The molecule has 6 nitrogen and oxygen atoms in total. The number of amides is 2. The lowest BCUT2D eigenvalue weighted by atomic mass is 10.2. The highest BCUT2D eigenvalue weighted by Gasteiger charge is 2.06. The number of hydrogen-bond acceptors (Lipinski definition) is 4. The number of hydrogen-bond donors (Lipinski definition) is 2. The zero-order valence-corrected chi connectivity index (χ0v) is 15.0. The summed E-state index contributed by atoms with van der Waals surface area (Å²) in [4.78, 5) is 23.6. The Hall–Kier alpha value is -3.15. The molecule has 0 aliphatic rings. The van der Waals surface area contributed by atoms with Crippen LogP contribution in [0.5, 0.6) is 5.75 Å². The van der Waals surface area contributed by atoms with E-state index in [1.54, 1.807) is 6.21 Å². The summed E-state index contributed by atoms with van der Waals surface area (Å²) in [6, 6.07) is 14.9. The van der Waals surface area contributed by atoms with Crippen LogP contribution in [0.3, 0.4) is 0 Å². The van der Waals surface area contributed by atoms with Gasteiger partial charge in [-0.3, -0.25) is 9.59 Å². The monoisotopic (exact) mass is 353 g/mol. The Balaban J connectivity index is 1.71. The van der Waals surface area contributed by atoms with Crippen LogP contribution in [0.4, 0.5) is 5.69 Å². The largest absolute Gasteiger partial charge is 0.494 e. The van der Waals surface area contributed by atoms with Gasteiger partial charge < -0.3 is 10.1 Å². The van der Waals surface area contributed by atoms with Crippen molar-refractivity contribution >= 4 is 23.7 Å². The number of rotatable bonds is 8. The molecular formula is C20H23N3O3. The van der Waals surface area contributed by atoms with Gasteiger partial charge >= 0.3 is 0 Å². The first-order chi connectivity index (χ1) is 12.6. The van der Waals surface area contributed by atoms with E-state index in [1.807, 2.05) is 62.4 Å². The molecule has 2 amide bonds. The Morgan fingerprint density at radius 3 is 2.50 bits per heavy atom. The Morgan fingerprint density at radius 2 is 1.81 bits per heavy atom. The summed E-state index contributed by atoms with van der Waals surface area (Å²) in [5.41, 5.74) is 5.04. The fourth-order valence-corrected chi connectivity index (χ4v) is 2.22. The number of anilines is 1. The first-order valence-corrected chi connectivity index (χ1v) is 8.48. The lowest BCUT2D eigenvalue weighted by molar-refractivity contribution is -0.124. The van der Waals surface area contributed by atoms with Gasteiger partial charge in [0.2, 0.25) is 11.8 Å². The summed E-state index contributed by atoms with van der Waals surface area (Å²) in [6.45, 7) is 4.48. The van der Waals surface area contributed by atoms with E-state index in [0.717, 1.165) is 22.6 Å². The van der Waals surface area contributed by atoms with Gasteiger partial charge in [-0.05, 0) is 61.4 Å². The van der Waals surface area contributed by atoms with Crippen LogP contribution in [0, 0.1) is 6.92 Å². The van der Waals surface area contributed by atoms with Crippen molar-refractivity contribution < 1.29 is 14.3 Å². The lowest BCUT2D eigenvalue weighted by Gasteiger charge is -2.05. The number of hydrazone groups is 1. The summed E-state index contributed by atoms with van der Waals surface area (Å²) < 4.78 is 5.35. The normalized spacial score (nSPS) is 10.5. The molecular weight excluding hydrogens is 330 g/mol. The summed E-state index contributed by atoms with van der Waals surface area (Å²) in [7, 11) is 0. The molecule has 2 N–H and O–H groups in total. The third kappa shape index (κ3) is 6.76. The first kappa shape index (κ1) is 19.2. The molecule has 0 saturated heterocycles. The number of carbonyl (C=O) groups excluding carboxylic acids is 2. The lowest BCUT2D eigenvalue weighted by Crippen LogP contribution is -2.20. The fraction of sp³-hybridized carbons (Fsp3) is 0.250. The molecule has 0 atom stereocenters. The topological polar surface area (TPSA) is 79.8 Å². The number of ether oxygens (including phenoxy) is 1. The maximum Gasteiger partial charge on any atom is 0.240 e. The second kappa shape index (κ2) is 9.98. The number of aryl methyl sites for hydroxylation is 1. The molecule has 0 unspecified atom stereocenters. The van der Waals surface area contributed by atoms with Crippen LogP contribution < -0.4 is 15.5 Å². The molecule has 0 aliphatic carbocycles. The molecule has 2 aromatic rings. The van der Waals surface area contributed by atoms with Gasteiger partial charge in [0.25, 0.3) is 0 Å². The van der Waals surface area contributed by atoms with Crippen LogP contribution in [0.15, 0.2) is 53.6 Å². The van der Waals surface area contributed by atoms with Gasteiger partial charge in [0.1, 0.15) is 5.75 Å². The second-order valence-corrected chi connectivity index (χ2v) is 5.71. The predicted molar refractivity (Wildman–Crippen MR) is 102 cm³/mol. The summed E-state index contributed by atoms with van der Waals surface area (Å²) >= 11 is 0. The van der Waals surface area contributed by atoms with Crippen molar-refractivity contribution in [1.82, 2.24) is 5.43 Å². The fourth-order valence-electron chi connectivity index (χ4n) is 2.22. The van der Waals surface area contributed by atoms with E-state index in [2.05, 4.69) is 15.8 Å². The molecule has 0 heterocycles. The van der Waals surface area contributed by atoms with Crippen molar-refractivity contribution in [1.29, 1.82) is 0 Å². The maximum absolute atomic E-state index is 11.9. The van der Waals surface area contributed by atoms with Gasteiger partial charge in [0.15, 0.2) is 0 Å². The Morgan fingerprint density at radius 1 is 1.08 bits per heavy atom. The summed E-state index contributed by atoms with van der Waals surface area (Å²) in [5, 5.41) is 6.66. The van der Waals surface area contributed by atoms with E-state index in [-0.39, 0.29) is 24.7 Å². The Labute approximate surface area is 153 Å². The number of nitrogens with one attached hydrogen (secondary N) is 2. The van der Waals surface area contributed by atoms with Gasteiger partial charge in [-0.25, -0.2) is 5.43 Å².